The van der Waals surface area contributed by atoms with Gasteiger partial charge >= 0.3 is 0 Å². The van der Waals surface area contributed by atoms with Crippen LogP contribution in [0.3, 0.4) is 0 Å². The fourth-order valence-corrected chi connectivity index (χ4v) is 5.87. The number of amides is 3. The number of nitrogens with zero attached hydrogens (tertiary/aromatic N) is 3. The summed E-state index contributed by atoms with van der Waals surface area (Å²) in [7, 11) is 1.93. The Kier molecular flexibility index (Phi) is 6.58. The molecule has 3 amide bonds. The van der Waals surface area contributed by atoms with E-state index in [-0.39, 0.29) is 30.2 Å². The molecule has 0 radical (unpaired) electrons. The van der Waals surface area contributed by atoms with Crippen LogP contribution in [0.1, 0.15) is 71.2 Å². The molecule has 2 fully saturated rings. The number of halogens is 1. The van der Waals surface area contributed by atoms with Crippen molar-refractivity contribution in [2.75, 3.05) is 25.0 Å². The number of fused-ring (bicyclic) bond motifs is 1. The third-order valence-electron chi connectivity index (χ3n) is 7.79. The largest absolute Gasteiger partial charge is 0.370 e. The van der Waals surface area contributed by atoms with E-state index in [0.717, 1.165) is 32.2 Å². The van der Waals surface area contributed by atoms with E-state index in [1.165, 1.54) is 36.3 Å². The molecule has 0 spiro atoms. The second-order valence-corrected chi connectivity index (χ2v) is 10.1. The number of rotatable bonds is 5. The molecular weight excluding hydrogens is 445 g/mol. The van der Waals surface area contributed by atoms with Crippen LogP contribution in [0.4, 0.5) is 10.1 Å². The summed E-state index contributed by atoms with van der Waals surface area (Å²) in [6, 6.07) is 11.6. The van der Waals surface area contributed by atoms with E-state index in [9.17, 15) is 18.8 Å². The zero-order valence-corrected chi connectivity index (χ0v) is 20.2. The maximum Gasteiger partial charge on any atom is 0.263 e. The van der Waals surface area contributed by atoms with E-state index in [1.54, 1.807) is 24.3 Å². The molecule has 5 rings (SSSR count). The monoisotopic (exact) mass is 477 g/mol. The van der Waals surface area contributed by atoms with E-state index < -0.39 is 5.82 Å². The summed E-state index contributed by atoms with van der Waals surface area (Å²) in [6.07, 6.45) is 7.44. The molecule has 2 aromatic carbocycles. The molecule has 1 saturated heterocycles. The predicted molar refractivity (Wildman–Crippen MR) is 132 cm³/mol. The lowest BCUT2D eigenvalue weighted by Gasteiger charge is -2.38. The van der Waals surface area contributed by atoms with Gasteiger partial charge in [-0.3, -0.25) is 19.3 Å². The fraction of sp³-hybridized carbons (Fsp3) is 0.464. The Bertz CT molecular complexity index is 1140. The van der Waals surface area contributed by atoms with Crippen molar-refractivity contribution in [2.24, 2.45) is 5.92 Å². The van der Waals surface area contributed by atoms with E-state index in [0.29, 0.717) is 35.0 Å². The molecule has 1 aliphatic carbocycles. The average molecular weight is 478 g/mol. The molecule has 1 atom stereocenters. The first-order valence-electron chi connectivity index (χ1n) is 12.7. The molecule has 1 saturated carbocycles. The smallest absolute Gasteiger partial charge is 0.263 e. The lowest BCUT2D eigenvalue weighted by Crippen LogP contribution is -2.47. The number of benzene rings is 2. The van der Waals surface area contributed by atoms with Crippen LogP contribution < -0.4 is 4.90 Å². The van der Waals surface area contributed by atoms with Crippen LogP contribution in [-0.4, -0.2) is 53.7 Å². The quantitative estimate of drug-likeness (QED) is 0.589. The van der Waals surface area contributed by atoms with Gasteiger partial charge in [0.05, 0.1) is 29.3 Å². The molecule has 2 aliphatic heterocycles. The van der Waals surface area contributed by atoms with Crippen molar-refractivity contribution in [3.05, 3.63) is 65.0 Å². The van der Waals surface area contributed by atoms with Crippen molar-refractivity contribution in [3.8, 4) is 0 Å². The summed E-state index contributed by atoms with van der Waals surface area (Å²) in [4.78, 5) is 45.1. The van der Waals surface area contributed by atoms with E-state index in [4.69, 9.17) is 0 Å². The van der Waals surface area contributed by atoms with Gasteiger partial charge in [0.1, 0.15) is 5.82 Å². The van der Waals surface area contributed by atoms with Crippen LogP contribution in [0.25, 0.3) is 0 Å². The highest BCUT2D eigenvalue weighted by molar-refractivity contribution is 6.23. The zero-order chi connectivity index (χ0) is 24.5. The van der Waals surface area contributed by atoms with Crippen LogP contribution in [0.5, 0.6) is 0 Å². The topological polar surface area (TPSA) is 60.9 Å². The van der Waals surface area contributed by atoms with Crippen molar-refractivity contribution in [3.63, 3.8) is 0 Å². The molecule has 0 N–H and O–H groups in total. The Morgan fingerprint density at radius 3 is 2.54 bits per heavy atom. The number of anilines is 1. The molecule has 1 unspecified atom stereocenters. The molecule has 6 nitrogen and oxygen atoms in total. The van der Waals surface area contributed by atoms with Gasteiger partial charge in [0.2, 0.25) is 5.91 Å². The lowest BCUT2D eigenvalue weighted by molar-refractivity contribution is -0.137. The first-order valence-corrected chi connectivity index (χ1v) is 12.7. The maximum absolute atomic E-state index is 13.7. The minimum atomic E-state index is -0.401. The van der Waals surface area contributed by atoms with Crippen molar-refractivity contribution in [1.82, 2.24) is 9.80 Å². The summed E-state index contributed by atoms with van der Waals surface area (Å²) < 4.78 is 13.7. The summed E-state index contributed by atoms with van der Waals surface area (Å²) in [5, 5.41) is 0. The third kappa shape index (κ3) is 4.56. The molecule has 3 aliphatic rings. The molecule has 2 aromatic rings. The Labute approximate surface area is 205 Å². The van der Waals surface area contributed by atoms with Gasteiger partial charge in [-0.15, -0.1) is 0 Å². The maximum atomic E-state index is 13.7. The van der Waals surface area contributed by atoms with E-state index >= 15 is 0 Å². The van der Waals surface area contributed by atoms with Gasteiger partial charge in [-0.1, -0.05) is 37.5 Å². The molecule has 35 heavy (non-hydrogen) atoms. The Morgan fingerprint density at radius 1 is 1.00 bits per heavy atom. The molecule has 0 aromatic heterocycles. The van der Waals surface area contributed by atoms with Crippen molar-refractivity contribution in [1.29, 1.82) is 0 Å². The normalized spacial score (nSPS) is 20.8. The van der Waals surface area contributed by atoms with Gasteiger partial charge in [-0.25, -0.2) is 4.39 Å². The minimum Gasteiger partial charge on any atom is -0.370 e. The third-order valence-corrected chi connectivity index (χ3v) is 7.79. The Morgan fingerprint density at radius 2 is 1.77 bits per heavy atom. The van der Waals surface area contributed by atoms with Crippen molar-refractivity contribution in [2.45, 2.75) is 57.5 Å². The van der Waals surface area contributed by atoms with E-state index in [1.807, 2.05) is 18.0 Å². The second-order valence-electron chi connectivity index (χ2n) is 10.1. The summed E-state index contributed by atoms with van der Waals surface area (Å²) in [5.41, 5.74) is 2.04. The van der Waals surface area contributed by atoms with Gasteiger partial charge in [-0.05, 0) is 55.5 Å². The first-order chi connectivity index (χ1) is 16.9. The van der Waals surface area contributed by atoms with Gasteiger partial charge in [-0.2, -0.15) is 0 Å². The number of imide groups is 1. The summed E-state index contributed by atoms with van der Waals surface area (Å²) >= 11 is 0. The standard InChI is InChI=1S/C28H32FN3O3/c1-30(22-11-3-2-4-12-22)26(33)20-9-7-15-31(18-20)24-14-6-13-23-25(24)28(35)32(27(23)34)17-19-8-5-10-21(29)16-19/h5-6,8,10,13-14,16,20,22H,2-4,7,9,11-12,15,17-18H2,1H3. The van der Waals surface area contributed by atoms with Gasteiger partial charge in [0, 0.05) is 26.2 Å². The van der Waals surface area contributed by atoms with Gasteiger partial charge < -0.3 is 9.80 Å². The summed E-state index contributed by atoms with van der Waals surface area (Å²) in [5.74, 6) is -1.07. The lowest BCUT2D eigenvalue weighted by atomic mass is 9.91. The molecule has 0 bridgehead atoms. The Balaban J connectivity index is 1.35. The van der Waals surface area contributed by atoms with Gasteiger partial charge in [0.15, 0.2) is 0 Å². The van der Waals surface area contributed by atoms with Crippen molar-refractivity contribution >= 4 is 23.4 Å². The van der Waals surface area contributed by atoms with Crippen molar-refractivity contribution < 1.29 is 18.8 Å². The predicted octanol–water partition coefficient (Wildman–Crippen LogP) is 4.63. The van der Waals surface area contributed by atoms with Crippen LogP contribution >= 0.6 is 0 Å². The highest BCUT2D eigenvalue weighted by atomic mass is 19.1. The molecule has 184 valence electrons. The van der Waals surface area contributed by atoms with E-state index in [2.05, 4.69) is 4.90 Å². The van der Waals surface area contributed by atoms with Crippen LogP contribution in [0.2, 0.25) is 0 Å². The first kappa shape index (κ1) is 23.5. The molecule has 7 heteroatoms. The number of carbonyl (C=O) groups excluding carboxylic acids is 3. The molecule has 2 heterocycles. The number of piperidine rings is 1. The molecular formula is C28H32FN3O3. The zero-order valence-electron chi connectivity index (χ0n) is 20.2. The Hall–Kier alpha value is -3.22. The number of hydrogen-bond donors (Lipinski definition) is 0. The number of hydrogen-bond acceptors (Lipinski definition) is 4. The van der Waals surface area contributed by atoms with Crippen LogP contribution in [0.15, 0.2) is 42.5 Å². The highest BCUT2D eigenvalue weighted by Crippen LogP contribution is 2.35. The van der Waals surface area contributed by atoms with Crippen LogP contribution in [0, 0.1) is 11.7 Å². The fourth-order valence-electron chi connectivity index (χ4n) is 5.87. The highest BCUT2D eigenvalue weighted by Gasteiger charge is 2.40. The summed E-state index contributed by atoms with van der Waals surface area (Å²) in [6.45, 7) is 1.30. The van der Waals surface area contributed by atoms with Crippen LogP contribution in [-0.2, 0) is 11.3 Å². The SMILES string of the molecule is CN(C(=O)C1CCCN(c2cccc3c2C(=O)N(Cc2cccc(F)c2)C3=O)C1)C1CCCCC1. The van der Waals surface area contributed by atoms with Gasteiger partial charge in [0.25, 0.3) is 11.8 Å². The average Bonchev–Trinajstić information content (AvgIpc) is 3.13. The minimum absolute atomic E-state index is 0.0246. The second kappa shape index (κ2) is 9.80. The number of carbonyl (C=O) groups is 3.